The molecule has 1 saturated heterocycles. The van der Waals surface area contributed by atoms with Crippen LogP contribution in [0.3, 0.4) is 0 Å². The number of rotatable bonds is 4. The van der Waals surface area contributed by atoms with E-state index in [0.29, 0.717) is 12.1 Å². The summed E-state index contributed by atoms with van der Waals surface area (Å²) in [5.41, 5.74) is 0. The van der Waals surface area contributed by atoms with Gasteiger partial charge in [0.2, 0.25) is 0 Å². The third-order valence-electron chi connectivity index (χ3n) is 3.40. The predicted molar refractivity (Wildman–Crippen MR) is 68.8 cm³/mol. The van der Waals surface area contributed by atoms with Gasteiger partial charge in [-0.25, -0.2) is 0 Å². The highest BCUT2D eigenvalue weighted by molar-refractivity contribution is 4.77. The number of nitrogens with one attached hydrogen (secondary N) is 1. The highest BCUT2D eigenvalue weighted by Crippen LogP contribution is 2.10. The average molecular weight is 228 g/mol. The fourth-order valence-electron chi connectivity index (χ4n) is 2.21. The first-order valence-electron chi connectivity index (χ1n) is 6.68. The van der Waals surface area contributed by atoms with Crippen LogP contribution in [0.2, 0.25) is 0 Å². The second-order valence-electron chi connectivity index (χ2n) is 5.21. The third-order valence-corrected chi connectivity index (χ3v) is 3.40. The molecule has 3 nitrogen and oxygen atoms in total. The molecule has 0 bridgehead atoms. The first kappa shape index (κ1) is 13.9. The second kappa shape index (κ2) is 7.25. The van der Waals surface area contributed by atoms with Crippen LogP contribution >= 0.6 is 0 Å². The third kappa shape index (κ3) is 4.81. The minimum absolute atomic E-state index is 0.549. The summed E-state index contributed by atoms with van der Waals surface area (Å²) in [5.74, 6) is 0.729. The van der Waals surface area contributed by atoms with Crippen LogP contribution in [-0.2, 0) is 4.74 Å². The standard InChI is InChI=1S/C13H28N2O/c1-5-16-10-13(4)15-7-6-12(3)14-8-11(2)9-15/h11-14H,5-10H2,1-4H3. The van der Waals surface area contributed by atoms with Crippen molar-refractivity contribution < 1.29 is 4.74 Å². The minimum Gasteiger partial charge on any atom is -0.380 e. The Morgan fingerprint density at radius 3 is 2.88 bits per heavy atom. The van der Waals surface area contributed by atoms with Gasteiger partial charge in [-0.05, 0) is 46.2 Å². The highest BCUT2D eigenvalue weighted by atomic mass is 16.5. The molecule has 1 fully saturated rings. The smallest absolute Gasteiger partial charge is 0.0618 e. The van der Waals surface area contributed by atoms with Crippen LogP contribution in [0.1, 0.15) is 34.1 Å². The van der Waals surface area contributed by atoms with Crippen LogP contribution in [0.4, 0.5) is 0 Å². The summed E-state index contributed by atoms with van der Waals surface area (Å²) in [6, 6.07) is 1.19. The second-order valence-corrected chi connectivity index (χ2v) is 5.21. The van der Waals surface area contributed by atoms with Gasteiger partial charge in [0, 0.05) is 25.2 Å². The van der Waals surface area contributed by atoms with E-state index in [4.69, 9.17) is 4.74 Å². The molecule has 3 unspecified atom stereocenters. The van der Waals surface area contributed by atoms with Crippen LogP contribution in [-0.4, -0.2) is 49.8 Å². The lowest BCUT2D eigenvalue weighted by atomic mass is 10.1. The van der Waals surface area contributed by atoms with Crippen LogP contribution in [0.25, 0.3) is 0 Å². The molecule has 0 spiro atoms. The van der Waals surface area contributed by atoms with Gasteiger partial charge in [0.1, 0.15) is 0 Å². The van der Waals surface area contributed by atoms with Gasteiger partial charge in [0.15, 0.2) is 0 Å². The number of ether oxygens (including phenoxy) is 1. The van der Waals surface area contributed by atoms with E-state index in [1.807, 2.05) is 0 Å². The van der Waals surface area contributed by atoms with Crippen LogP contribution < -0.4 is 5.32 Å². The Labute approximate surface area is 101 Å². The van der Waals surface area contributed by atoms with Gasteiger partial charge in [0.25, 0.3) is 0 Å². The van der Waals surface area contributed by atoms with E-state index in [9.17, 15) is 0 Å². The summed E-state index contributed by atoms with van der Waals surface area (Å²) < 4.78 is 5.53. The Kier molecular flexibility index (Phi) is 6.32. The Morgan fingerprint density at radius 2 is 2.19 bits per heavy atom. The molecule has 0 amide bonds. The molecule has 1 rings (SSSR count). The summed E-state index contributed by atoms with van der Waals surface area (Å²) in [6.45, 7) is 14.2. The molecule has 1 aliphatic heterocycles. The molecule has 0 saturated carbocycles. The van der Waals surface area contributed by atoms with E-state index in [2.05, 4.69) is 37.9 Å². The molecular weight excluding hydrogens is 200 g/mol. The average Bonchev–Trinajstić information content (AvgIpc) is 2.26. The Hall–Kier alpha value is -0.120. The van der Waals surface area contributed by atoms with Crippen molar-refractivity contribution in [2.45, 2.75) is 46.2 Å². The van der Waals surface area contributed by atoms with E-state index in [0.717, 1.165) is 25.7 Å². The van der Waals surface area contributed by atoms with Gasteiger partial charge in [-0.3, -0.25) is 4.90 Å². The van der Waals surface area contributed by atoms with Crippen molar-refractivity contribution in [2.75, 3.05) is 32.8 Å². The molecule has 0 aliphatic carbocycles. The van der Waals surface area contributed by atoms with Crippen LogP contribution in [0, 0.1) is 5.92 Å². The first-order valence-corrected chi connectivity index (χ1v) is 6.68. The van der Waals surface area contributed by atoms with E-state index in [-0.39, 0.29) is 0 Å². The maximum Gasteiger partial charge on any atom is 0.0618 e. The molecule has 96 valence electrons. The van der Waals surface area contributed by atoms with Crippen molar-refractivity contribution >= 4 is 0 Å². The van der Waals surface area contributed by atoms with E-state index >= 15 is 0 Å². The van der Waals surface area contributed by atoms with Gasteiger partial charge in [-0.2, -0.15) is 0 Å². The van der Waals surface area contributed by atoms with E-state index in [1.54, 1.807) is 0 Å². The highest BCUT2D eigenvalue weighted by Gasteiger charge is 2.20. The van der Waals surface area contributed by atoms with E-state index in [1.165, 1.54) is 19.5 Å². The topological polar surface area (TPSA) is 24.5 Å². The summed E-state index contributed by atoms with van der Waals surface area (Å²) in [4.78, 5) is 2.58. The van der Waals surface area contributed by atoms with Gasteiger partial charge in [-0.1, -0.05) is 6.92 Å². The van der Waals surface area contributed by atoms with Gasteiger partial charge < -0.3 is 10.1 Å². The van der Waals surface area contributed by atoms with Crippen LogP contribution in [0.15, 0.2) is 0 Å². The number of hydrogen-bond donors (Lipinski definition) is 1. The molecule has 16 heavy (non-hydrogen) atoms. The lowest BCUT2D eigenvalue weighted by molar-refractivity contribution is 0.0604. The van der Waals surface area contributed by atoms with Gasteiger partial charge in [-0.15, -0.1) is 0 Å². The summed E-state index contributed by atoms with van der Waals surface area (Å²) in [6.07, 6.45) is 1.24. The zero-order chi connectivity index (χ0) is 12.0. The molecule has 1 aliphatic rings. The molecule has 0 radical (unpaired) electrons. The van der Waals surface area contributed by atoms with Gasteiger partial charge in [0.05, 0.1) is 6.61 Å². The first-order chi connectivity index (χ1) is 7.63. The van der Waals surface area contributed by atoms with Crippen molar-refractivity contribution in [3.63, 3.8) is 0 Å². The maximum absolute atomic E-state index is 5.53. The quantitative estimate of drug-likeness (QED) is 0.793. The van der Waals surface area contributed by atoms with E-state index < -0.39 is 0 Å². The molecule has 1 N–H and O–H groups in total. The monoisotopic (exact) mass is 228 g/mol. The Balaban J connectivity index is 2.42. The number of nitrogens with zero attached hydrogens (tertiary/aromatic N) is 1. The largest absolute Gasteiger partial charge is 0.380 e. The maximum atomic E-state index is 5.53. The zero-order valence-electron chi connectivity index (χ0n) is 11.3. The molecule has 1 heterocycles. The lowest BCUT2D eigenvalue weighted by Crippen LogP contribution is -2.46. The van der Waals surface area contributed by atoms with Crippen molar-refractivity contribution in [1.29, 1.82) is 0 Å². The van der Waals surface area contributed by atoms with Crippen molar-refractivity contribution in [2.24, 2.45) is 5.92 Å². The van der Waals surface area contributed by atoms with Crippen molar-refractivity contribution in [3.05, 3.63) is 0 Å². The lowest BCUT2D eigenvalue weighted by Gasteiger charge is -2.35. The molecule has 0 aromatic heterocycles. The normalized spacial score (nSPS) is 30.8. The van der Waals surface area contributed by atoms with Crippen LogP contribution in [0.5, 0.6) is 0 Å². The Bertz CT molecular complexity index is 187. The summed E-state index contributed by atoms with van der Waals surface area (Å²) in [7, 11) is 0. The molecule has 0 aromatic rings. The molecule has 3 heteroatoms. The fourth-order valence-corrected chi connectivity index (χ4v) is 2.21. The summed E-state index contributed by atoms with van der Waals surface area (Å²) >= 11 is 0. The summed E-state index contributed by atoms with van der Waals surface area (Å²) in [5, 5.41) is 3.58. The van der Waals surface area contributed by atoms with Crippen molar-refractivity contribution in [1.82, 2.24) is 10.2 Å². The minimum atomic E-state index is 0.549. The van der Waals surface area contributed by atoms with Gasteiger partial charge >= 0.3 is 0 Å². The fraction of sp³-hybridized carbons (Fsp3) is 1.00. The SMILES string of the molecule is CCOCC(C)N1CCC(C)NCC(C)C1. The Morgan fingerprint density at radius 1 is 1.44 bits per heavy atom. The van der Waals surface area contributed by atoms with Crippen molar-refractivity contribution in [3.8, 4) is 0 Å². The predicted octanol–water partition coefficient (Wildman–Crippen LogP) is 1.73. The number of hydrogen-bond acceptors (Lipinski definition) is 3. The zero-order valence-corrected chi connectivity index (χ0v) is 11.3. The molecule has 0 aromatic carbocycles. The molecular formula is C13H28N2O. The molecule has 3 atom stereocenters.